The van der Waals surface area contributed by atoms with E-state index >= 15 is 0 Å². The molecule has 1 fully saturated rings. The summed E-state index contributed by atoms with van der Waals surface area (Å²) in [6, 6.07) is 3.51. The Morgan fingerprint density at radius 1 is 1.25 bits per heavy atom. The van der Waals surface area contributed by atoms with Crippen molar-refractivity contribution in [2.75, 3.05) is 31.2 Å². The van der Waals surface area contributed by atoms with Gasteiger partial charge in [0.1, 0.15) is 4.99 Å². The second-order valence-electron chi connectivity index (χ2n) is 4.55. The number of anilines is 1. The minimum atomic E-state index is -4.40. The average Bonchev–Trinajstić information content (AvgIpc) is 2.65. The number of hydrogen-bond acceptors (Lipinski definition) is 3. The molecule has 0 radical (unpaired) electrons. The SMILES string of the molecule is NC(=S)c1cc(C(F)(F)F)ccc1N1CCCOCC1. The first-order valence-electron chi connectivity index (χ1n) is 6.23. The minimum Gasteiger partial charge on any atom is -0.389 e. The van der Waals surface area contributed by atoms with Crippen LogP contribution in [0.2, 0.25) is 0 Å². The summed E-state index contributed by atoms with van der Waals surface area (Å²) in [7, 11) is 0. The van der Waals surface area contributed by atoms with E-state index in [4.69, 9.17) is 22.7 Å². The van der Waals surface area contributed by atoms with Gasteiger partial charge in [-0.2, -0.15) is 13.2 Å². The molecule has 1 aliphatic heterocycles. The lowest BCUT2D eigenvalue weighted by Crippen LogP contribution is -2.29. The molecule has 0 amide bonds. The zero-order valence-electron chi connectivity index (χ0n) is 10.7. The average molecular weight is 304 g/mol. The number of hydrogen-bond donors (Lipinski definition) is 1. The molecule has 1 heterocycles. The molecule has 1 saturated heterocycles. The van der Waals surface area contributed by atoms with E-state index in [1.54, 1.807) is 0 Å². The van der Waals surface area contributed by atoms with Crippen LogP contribution in [0.3, 0.4) is 0 Å². The number of halogens is 3. The topological polar surface area (TPSA) is 38.5 Å². The van der Waals surface area contributed by atoms with Gasteiger partial charge in [0.05, 0.1) is 12.2 Å². The molecular weight excluding hydrogens is 289 g/mol. The second-order valence-corrected chi connectivity index (χ2v) is 4.99. The van der Waals surface area contributed by atoms with Crippen LogP contribution in [0.4, 0.5) is 18.9 Å². The second kappa shape index (κ2) is 5.97. The van der Waals surface area contributed by atoms with E-state index in [0.29, 0.717) is 32.0 Å². The van der Waals surface area contributed by atoms with Crippen molar-refractivity contribution in [2.24, 2.45) is 5.73 Å². The van der Waals surface area contributed by atoms with Crippen LogP contribution in [-0.4, -0.2) is 31.3 Å². The van der Waals surface area contributed by atoms with Gasteiger partial charge in [0.15, 0.2) is 0 Å². The highest BCUT2D eigenvalue weighted by atomic mass is 32.1. The Morgan fingerprint density at radius 2 is 2.00 bits per heavy atom. The summed E-state index contributed by atoms with van der Waals surface area (Å²) in [5, 5.41) is 0. The first-order chi connectivity index (χ1) is 9.39. The highest BCUT2D eigenvalue weighted by Crippen LogP contribution is 2.33. The Labute approximate surface area is 120 Å². The third-order valence-electron chi connectivity index (χ3n) is 3.15. The largest absolute Gasteiger partial charge is 0.416 e. The standard InChI is InChI=1S/C13H15F3N2OS/c14-13(15,16)9-2-3-11(10(8-9)12(17)20)18-4-1-6-19-7-5-18/h2-3,8H,1,4-7H2,(H2,17,20). The molecule has 7 heteroatoms. The van der Waals surface area contributed by atoms with E-state index in [1.165, 1.54) is 6.07 Å². The van der Waals surface area contributed by atoms with E-state index in [2.05, 4.69) is 0 Å². The van der Waals surface area contributed by atoms with Gasteiger partial charge >= 0.3 is 6.18 Å². The monoisotopic (exact) mass is 304 g/mol. The third-order valence-corrected chi connectivity index (χ3v) is 3.37. The molecule has 1 aliphatic rings. The Bertz CT molecular complexity index is 497. The zero-order chi connectivity index (χ0) is 14.8. The molecule has 1 aromatic rings. The summed E-state index contributed by atoms with van der Waals surface area (Å²) >= 11 is 4.89. The smallest absolute Gasteiger partial charge is 0.389 e. The predicted molar refractivity (Wildman–Crippen MR) is 75.0 cm³/mol. The molecule has 2 rings (SSSR count). The number of alkyl halides is 3. The van der Waals surface area contributed by atoms with Crippen LogP contribution >= 0.6 is 12.2 Å². The van der Waals surface area contributed by atoms with Crippen molar-refractivity contribution < 1.29 is 17.9 Å². The molecule has 3 nitrogen and oxygen atoms in total. The summed E-state index contributed by atoms with van der Waals surface area (Å²) in [5.74, 6) is 0. The normalized spacial score (nSPS) is 16.9. The lowest BCUT2D eigenvalue weighted by molar-refractivity contribution is -0.137. The highest BCUT2D eigenvalue weighted by Gasteiger charge is 2.31. The molecule has 0 unspecified atom stereocenters. The van der Waals surface area contributed by atoms with Gasteiger partial charge in [-0.1, -0.05) is 12.2 Å². The Morgan fingerprint density at radius 3 is 2.65 bits per heavy atom. The van der Waals surface area contributed by atoms with E-state index in [0.717, 1.165) is 18.6 Å². The molecule has 0 spiro atoms. The molecule has 20 heavy (non-hydrogen) atoms. The summed E-state index contributed by atoms with van der Waals surface area (Å²) in [6.45, 7) is 2.51. The summed E-state index contributed by atoms with van der Waals surface area (Å²) in [6.07, 6.45) is -3.59. The van der Waals surface area contributed by atoms with Gasteiger partial charge in [-0.3, -0.25) is 0 Å². The number of nitrogens with two attached hydrogens (primary N) is 1. The number of nitrogens with zero attached hydrogens (tertiary/aromatic N) is 1. The number of rotatable bonds is 2. The maximum atomic E-state index is 12.8. The van der Waals surface area contributed by atoms with Crippen LogP contribution in [-0.2, 0) is 10.9 Å². The Kier molecular flexibility index (Phi) is 4.49. The molecule has 110 valence electrons. The van der Waals surface area contributed by atoms with Crippen molar-refractivity contribution in [1.29, 1.82) is 0 Å². The third kappa shape index (κ3) is 3.40. The zero-order valence-corrected chi connectivity index (χ0v) is 11.6. The fourth-order valence-electron chi connectivity index (χ4n) is 2.17. The van der Waals surface area contributed by atoms with Crippen molar-refractivity contribution in [2.45, 2.75) is 12.6 Å². The maximum absolute atomic E-state index is 12.8. The van der Waals surface area contributed by atoms with Crippen LogP contribution in [0.5, 0.6) is 0 Å². The van der Waals surface area contributed by atoms with Crippen molar-refractivity contribution in [3.63, 3.8) is 0 Å². The van der Waals surface area contributed by atoms with Gasteiger partial charge in [0.25, 0.3) is 0 Å². The summed E-state index contributed by atoms with van der Waals surface area (Å²) < 4.78 is 43.6. The van der Waals surface area contributed by atoms with Gasteiger partial charge in [0, 0.05) is 30.9 Å². The Hall–Kier alpha value is -1.34. The first kappa shape index (κ1) is 15.1. The molecular formula is C13H15F3N2OS. The molecule has 2 N–H and O–H groups in total. The van der Waals surface area contributed by atoms with Gasteiger partial charge in [-0.25, -0.2) is 0 Å². The maximum Gasteiger partial charge on any atom is 0.416 e. The van der Waals surface area contributed by atoms with Crippen molar-refractivity contribution in [3.05, 3.63) is 29.3 Å². The molecule has 0 saturated carbocycles. The number of thiocarbonyl (C=S) groups is 1. The van der Waals surface area contributed by atoms with Gasteiger partial charge < -0.3 is 15.4 Å². The summed E-state index contributed by atoms with van der Waals surface area (Å²) in [5.41, 5.74) is 5.73. The molecule has 1 aromatic carbocycles. The fraction of sp³-hybridized carbons (Fsp3) is 0.462. The molecule has 0 atom stereocenters. The minimum absolute atomic E-state index is 0.0312. The van der Waals surface area contributed by atoms with Gasteiger partial charge in [-0.15, -0.1) is 0 Å². The van der Waals surface area contributed by atoms with E-state index in [1.807, 2.05) is 4.90 Å². The molecule has 0 aromatic heterocycles. The number of benzene rings is 1. The van der Waals surface area contributed by atoms with E-state index in [9.17, 15) is 13.2 Å². The van der Waals surface area contributed by atoms with Crippen LogP contribution in [0.15, 0.2) is 18.2 Å². The highest BCUT2D eigenvalue weighted by molar-refractivity contribution is 7.80. The van der Waals surface area contributed by atoms with Crippen LogP contribution in [0, 0.1) is 0 Å². The summed E-state index contributed by atoms with van der Waals surface area (Å²) in [4.78, 5) is 1.93. The van der Waals surface area contributed by atoms with Crippen LogP contribution in [0.25, 0.3) is 0 Å². The predicted octanol–water partition coefficient (Wildman–Crippen LogP) is 2.57. The van der Waals surface area contributed by atoms with Crippen molar-refractivity contribution in [1.82, 2.24) is 0 Å². The van der Waals surface area contributed by atoms with Gasteiger partial charge in [0.2, 0.25) is 0 Å². The van der Waals surface area contributed by atoms with Crippen LogP contribution < -0.4 is 10.6 Å². The number of ether oxygens (including phenoxy) is 1. The lowest BCUT2D eigenvalue weighted by atomic mass is 10.1. The van der Waals surface area contributed by atoms with Gasteiger partial charge in [-0.05, 0) is 24.6 Å². The molecule has 0 bridgehead atoms. The quantitative estimate of drug-likeness (QED) is 0.852. The lowest BCUT2D eigenvalue weighted by Gasteiger charge is -2.25. The first-order valence-corrected chi connectivity index (χ1v) is 6.64. The van der Waals surface area contributed by atoms with E-state index in [-0.39, 0.29) is 10.6 Å². The fourth-order valence-corrected chi connectivity index (χ4v) is 2.34. The van der Waals surface area contributed by atoms with E-state index < -0.39 is 11.7 Å². The van der Waals surface area contributed by atoms with Crippen molar-refractivity contribution in [3.8, 4) is 0 Å². The van der Waals surface area contributed by atoms with Crippen LogP contribution in [0.1, 0.15) is 17.5 Å². The van der Waals surface area contributed by atoms with Crippen molar-refractivity contribution >= 4 is 22.9 Å². The molecule has 0 aliphatic carbocycles. The Balaban J connectivity index is 2.39.